The van der Waals surface area contributed by atoms with Gasteiger partial charge in [-0.1, -0.05) is 0 Å². The van der Waals surface area contributed by atoms with Gasteiger partial charge in [0.1, 0.15) is 5.82 Å². The van der Waals surface area contributed by atoms with Crippen molar-refractivity contribution in [3.8, 4) is 0 Å². The number of nitrogens with zero attached hydrogens (tertiary/aromatic N) is 3. The average molecular weight is 337 g/mol. The van der Waals surface area contributed by atoms with Gasteiger partial charge in [0.2, 0.25) is 0 Å². The Bertz CT molecular complexity index is 900. The summed E-state index contributed by atoms with van der Waals surface area (Å²) in [7, 11) is 2.16. The fourth-order valence-electron chi connectivity index (χ4n) is 4.15. The van der Waals surface area contributed by atoms with Crippen LogP contribution >= 0.6 is 0 Å². The fraction of sp³-hybridized carbons (Fsp3) is 0.381. The molecular formula is C21H24FN3. The van der Waals surface area contributed by atoms with E-state index in [-0.39, 0.29) is 5.82 Å². The first-order valence-electron chi connectivity index (χ1n) is 8.97. The molecule has 0 radical (unpaired) electrons. The number of hydrogen-bond acceptors (Lipinski definition) is 2. The first kappa shape index (κ1) is 16.3. The predicted octanol–water partition coefficient (Wildman–Crippen LogP) is 4.36. The molecule has 0 spiro atoms. The Labute approximate surface area is 148 Å². The van der Waals surface area contributed by atoms with Gasteiger partial charge in [0.05, 0.1) is 0 Å². The van der Waals surface area contributed by atoms with Crippen molar-refractivity contribution in [1.29, 1.82) is 0 Å². The summed E-state index contributed by atoms with van der Waals surface area (Å²) in [6, 6.07) is 10.1. The number of benzene rings is 1. The highest BCUT2D eigenvalue weighted by atomic mass is 19.1. The van der Waals surface area contributed by atoms with Gasteiger partial charge in [-0.05, 0) is 68.8 Å². The van der Waals surface area contributed by atoms with E-state index in [1.807, 2.05) is 18.5 Å². The molecule has 1 aliphatic rings. The van der Waals surface area contributed by atoms with Gasteiger partial charge in [-0.3, -0.25) is 9.88 Å². The summed E-state index contributed by atoms with van der Waals surface area (Å²) in [6.45, 7) is 5.40. The largest absolute Gasteiger partial charge is 0.344 e. The van der Waals surface area contributed by atoms with Crippen molar-refractivity contribution < 1.29 is 4.39 Å². The summed E-state index contributed by atoms with van der Waals surface area (Å²) < 4.78 is 16.3. The van der Waals surface area contributed by atoms with Gasteiger partial charge >= 0.3 is 0 Å². The molecular weight excluding hydrogens is 313 g/mol. The zero-order valence-electron chi connectivity index (χ0n) is 15.0. The summed E-state index contributed by atoms with van der Waals surface area (Å²) in [5.74, 6) is -0.157. The van der Waals surface area contributed by atoms with Gasteiger partial charge in [0.15, 0.2) is 0 Å². The molecule has 0 N–H and O–H groups in total. The number of halogens is 1. The van der Waals surface area contributed by atoms with E-state index in [1.165, 1.54) is 16.8 Å². The molecule has 0 aliphatic carbocycles. The van der Waals surface area contributed by atoms with Gasteiger partial charge in [0, 0.05) is 54.0 Å². The van der Waals surface area contributed by atoms with Crippen LogP contribution in [0.25, 0.3) is 10.9 Å². The molecule has 3 aromatic rings. The Kier molecular flexibility index (Phi) is 4.08. The van der Waals surface area contributed by atoms with Gasteiger partial charge in [-0.25, -0.2) is 4.39 Å². The number of aryl methyl sites for hydroxylation is 2. The molecule has 2 atom stereocenters. The van der Waals surface area contributed by atoms with Crippen molar-refractivity contribution in [2.75, 3.05) is 7.05 Å². The predicted molar refractivity (Wildman–Crippen MR) is 99.2 cm³/mol. The maximum atomic E-state index is 13.9. The highest BCUT2D eigenvalue weighted by molar-refractivity contribution is 5.86. The van der Waals surface area contributed by atoms with E-state index >= 15 is 0 Å². The SMILES string of the molecule is CC1Cc2c(c3cc(F)ccc3n2CCc2ccncc2)C(C)N1C. The number of pyridine rings is 1. The highest BCUT2D eigenvalue weighted by Gasteiger charge is 2.31. The summed E-state index contributed by atoms with van der Waals surface area (Å²) >= 11 is 0. The lowest BCUT2D eigenvalue weighted by Gasteiger charge is -2.36. The van der Waals surface area contributed by atoms with Crippen molar-refractivity contribution in [3.63, 3.8) is 0 Å². The molecule has 4 rings (SSSR count). The van der Waals surface area contributed by atoms with Crippen LogP contribution in [0.5, 0.6) is 0 Å². The number of fused-ring (bicyclic) bond motifs is 3. The molecule has 4 heteroatoms. The third-order valence-electron chi connectivity index (χ3n) is 5.76. The van der Waals surface area contributed by atoms with E-state index in [4.69, 9.17) is 0 Å². The first-order valence-corrected chi connectivity index (χ1v) is 8.97. The Balaban J connectivity index is 1.82. The third-order valence-corrected chi connectivity index (χ3v) is 5.76. The second kappa shape index (κ2) is 6.26. The van der Waals surface area contributed by atoms with Crippen LogP contribution in [0, 0.1) is 5.82 Å². The molecule has 2 aromatic heterocycles. The van der Waals surface area contributed by atoms with Crippen LogP contribution in [0.2, 0.25) is 0 Å². The molecule has 0 bridgehead atoms. The monoisotopic (exact) mass is 337 g/mol. The Morgan fingerprint density at radius 2 is 1.92 bits per heavy atom. The fourth-order valence-corrected chi connectivity index (χ4v) is 4.15. The average Bonchev–Trinajstić information content (AvgIpc) is 2.91. The van der Waals surface area contributed by atoms with Crippen molar-refractivity contribution in [3.05, 3.63) is 65.4 Å². The van der Waals surface area contributed by atoms with Crippen LogP contribution < -0.4 is 0 Å². The van der Waals surface area contributed by atoms with E-state index in [0.29, 0.717) is 12.1 Å². The maximum Gasteiger partial charge on any atom is 0.123 e. The molecule has 3 heterocycles. The molecule has 130 valence electrons. The van der Waals surface area contributed by atoms with Gasteiger partial charge in [-0.15, -0.1) is 0 Å². The van der Waals surface area contributed by atoms with Gasteiger partial charge < -0.3 is 4.57 Å². The zero-order valence-corrected chi connectivity index (χ0v) is 15.0. The quantitative estimate of drug-likeness (QED) is 0.708. The number of aromatic nitrogens is 2. The van der Waals surface area contributed by atoms with Gasteiger partial charge in [-0.2, -0.15) is 0 Å². The lowest BCUT2D eigenvalue weighted by molar-refractivity contribution is 0.177. The Morgan fingerprint density at radius 3 is 2.68 bits per heavy atom. The summed E-state index contributed by atoms with van der Waals surface area (Å²) in [5.41, 5.74) is 5.09. The Morgan fingerprint density at radius 1 is 1.16 bits per heavy atom. The molecule has 2 unspecified atom stereocenters. The molecule has 25 heavy (non-hydrogen) atoms. The topological polar surface area (TPSA) is 21.1 Å². The van der Waals surface area contributed by atoms with Crippen LogP contribution in [0.4, 0.5) is 4.39 Å². The molecule has 0 amide bonds. The molecule has 1 aliphatic heterocycles. The van der Waals surface area contributed by atoms with E-state index in [0.717, 1.165) is 30.3 Å². The lowest BCUT2D eigenvalue weighted by Crippen LogP contribution is -2.38. The summed E-state index contributed by atoms with van der Waals surface area (Å²) in [5, 5.41) is 1.07. The zero-order chi connectivity index (χ0) is 17.6. The van der Waals surface area contributed by atoms with E-state index in [9.17, 15) is 4.39 Å². The maximum absolute atomic E-state index is 13.9. The summed E-state index contributed by atoms with van der Waals surface area (Å²) in [6.07, 6.45) is 5.64. The van der Waals surface area contributed by atoms with Crippen LogP contribution in [0.3, 0.4) is 0 Å². The molecule has 3 nitrogen and oxygen atoms in total. The molecule has 0 saturated heterocycles. The highest BCUT2D eigenvalue weighted by Crippen LogP contribution is 2.39. The second-order valence-electron chi connectivity index (χ2n) is 7.17. The van der Waals surface area contributed by atoms with Crippen molar-refractivity contribution in [2.24, 2.45) is 0 Å². The lowest BCUT2D eigenvalue weighted by atomic mass is 9.93. The second-order valence-corrected chi connectivity index (χ2v) is 7.17. The standard InChI is InChI=1S/C21H24FN3/c1-14-12-20-21(15(2)24(14)3)18-13-17(22)4-5-19(18)25(20)11-8-16-6-9-23-10-7-16/h4-7,9-10,13-15H,8,11-12H2,1-3H3. The van der Waals surface area contributed by atoms with E-state index in [1.54, 1.807) is 12.1 Å². The minimum absolute atomic E-state index is 0.157. The first-order chi connectivity index (χ1) is 12.1. The molecule has 0 fully saturated rings. The van der Waals surface area contributed by atoms with Crippen LogP contribution in [0.1, 0.15) is 36.7 Å². The smallest absolute Gasteiger partial charge is 0.123 e. The van der Waals surface area contributed by atoms with E-state index in [2.05, 4.69) is 47.5 Å². The van der Waals surface area contributed by atoms with Crippen molar-refractivity contribution >= 4 is 10.9 Å². The Hall–Kier alpha value is -2.20. The number of rotatable bonds is 3. The normalized spacial score (nSPS) is 20.8. The molecule has 1 aromatic carbocycles. The third kappa shape index (κ3) is 2.74. The van der Waals surface area contributed by atoms with Crippen molar-refractivity contribution in [1.82, 2.24) is 14.5 Å². The minimum Gasteiger partial charge on any atom is -0.344 e. The van der Waals surface area contributed by atoms with Crippen LogP contribution in [0.15, 0.2) is 42.7 Å². The van der Waals surface area contributed by atoms with Crippen molar-refractivity contribution in [2.45, 2.75) is 45.3 Å². The van der Waals surface area contributed by atoms with Crippen LogP contribution in [-0.2, 0) is 19.4 Å². The number of hydrogen-bond donors (Lipinski definition) is 0. The minimum atomic E-state index is -0.157. The van der Waals surface area contributed by atoms with Crippen LogP contribution in [-0.4, -0.2) is 27.5 Å². The summed E-state index contributed by atoms with van der Waals surface area (Å²) in [4.78, 5) is 6.48. The van der Waals surface area contributed by atoms with E-state index < -0.39 is 0 Å². The van der Waals surface area contributed by atoms with Gasteiger partial charge in [0.25, 0.3) is 0 Å². The molecule has 0 saturated carbocycles. The number of likely N-dealkylation sites (N-methyl/N-ethyl adjacent to an activating group) is 1.